The minimum atomic E-state index is -0.0558. The van der Waals surface area contributed by atoms with Crippen LogP contribution in [0.4, 0.5) is 5.95 Å². The van der Waals surface area contributed by atoms with E-state index in [0.717, 1.165) is 17.2 Å². The molecular weight excluding hydrogens is 296 g/mol. The van der Waals surface area contributed by atoms with Crippen molar-refractivity contribution in [1.82, 2.24) is 25.1 Å². The summed E-state index contributed by atoms with van der Waals surface area (Å²) in [6, 6.07) is 0. The summed E-state index contributed by atoms with van der Waals surface area (Å²) in [5.74, 6) is 0.644. The van der Waals surface area contributed by atoms with Crippen molar-refractivity contribution in [2.45, 2.75) is 20.8 Å². The van der Waals surface area contributed by atoms with Crippen molar-refractivity contribution in [2.75, 3.05) is 31.1 Å². The van der Waals surface area contributed by atoms with Crippen molar-refractivity contribution in [2.24, 2.45) is 0 Å². The van der Waals surface area contributed by atoms with Crippen LogP contribution in [-0.4, -0.2) is 62.9 Å². The number of amides is 1. The molecule has 2 aromatic heterocycles. The van der Waals surface area contributed by atoms with E-state index in [1.165, 1.54) is 13.3 Å². The summed E-state index contributed by atoms with van der Waals surface area (Å²) in [6.45, 7) is 7.77. The number of nitrogens with one attached hydrogen (secondary N) is 2. The van der Waals surface area contributed by atoms with Gasteiger partial charge < -0.3 is 14.8 Å². The SMILES string of the molecule is CC(=O)c1[nH]c(C)c(C(=O)N2CCN(c3ncn[nH]3)CC2)c1C. The first-order chi connectivity index (χ1) is 11.0. The van der Waals surface area contributed by atoms with Gasteiger partial charge in [-0.2, -0.15) is 10.1 Å². The molecule has 2 aromatic rings. The zero-order valence-corrected chi connectivity index (χ0v) is 13.5. The van der Waals surface area contributed by atoms with Gasteiger partial charge in [0.05, 0.1) is 11.3 Å². The van der Waals surface area contributed by atoms with Gasteiger partial charge in [0.15, 0.2) is 5.78 Å². The normalized spacial score (nSPS) is 15.1. The largest absolute Gasteiger partial charge is 0.355 e. The van der Waals surface area contributed by atoms with Gasteiger partial charge in [0, 0.05) is 38.8 Å². The lowest BCUT2D eigenvalue weighted by Crippen LogP contribution is -2.49. The van der Waals surface area contributed by atoms with Crippen molar-refractivity contribution < 1.29 is 9.59 Å². The number of ketones is 1. The third-order valence-electron chi connectivity index (χ3n) is 4.27. The van der Waals surface area contributed by atoms with E-state index in [-0.39, 0.29) is 11.7 Å². The Morgan fingerprint density at radius 3 is 2.39 bits per heavy atom. The molecule has 1 amide bonds. The van der Waals surface area contributed by atoms with E-state index in [1.807, 2.05) is 18.7 Å². The number of aromatic nitrogens is 4. The van der Waals surface area contributed by atoms with E-state index < -0.39 is 0 Å². The van der Waals surface area contributed by atoms with Crippen LogP contribution in [0.25, 0.3) is 0 Å². The van der Waals surface area contributed by atoms with Crippen molar-refractivity contribution in [3.8, 4) is 0 Å². The van der Waals surface area contributed by atoms with E-state index in [4.69, 9.17) is 0 Å². The smallest absolute Gasteiger partial charge is 0.256 e. The molecule has 0 aromatic carbocycles. The van der Waals surface area contributed by atoms with Crippen LogP contribution < -0.4 is 4.90 Å². The summed E-state index contributed by atoms with van der Waals surface area (Å²) in [6.07, 6.45) is 1.47. The number of rotatable bonds is 3. The van der Waals surface area contributed by atoms with Crippen LogP contribution in [0, 0.1) is 13.8 Å². The third-order valence-corrected chi connectivity index (χ3v) is 4.27. The Morgan fingerprint density at radius 1 is 1.17 bits per heavy atom. The van der Waals surface area contributed by atoms with E-state index in [9.17, 15) is 9.59 Å². The number of nitrogens with zero attached hydrogens (tertiary/aromatic N) is 4. The molecule has 122 valence electrons. The van der Waals surface area contributed by atoms with Crippen LogP contribution in [0.2, 0.25) is 0 Å². The van der Waals surface area contributed by atoms with Crippen LogP contribution in [0.5, 0.6) is 0 Å². The molecule has 23 heavy (non-hydrogen) atoms. The lowest BCUT2D eigenvalue weighted by molar-refractivity contribution is 0.0745. The molecular formula is C15H20N6O2. The van der Waals surface area contributed by atoms with Gasteiger partial charge in [-0.1, -0.05) is 0 Å². The number of carbonyl (C=O) groups is 2. The Morgan fingerprint density at radius 2 is 1.87 bits per heavy atom. The number of anilines is 1. The van der Waals surface area contributed by atoms with Gasteiger partial charge in [0.2, 0.25) is 5.95 Å². The Balaban J connectivity index is 1.74. The molecule has 8 heteroatoms. The molecule has 2 N–H and O–H groups in total. The fourth-order valence-corrected chi connectivity index (χ4v) is 3.05. The first-order valence-electron chi connectivity index (χ1n) is 7.58. The van der Waals surface area contributed by atoms with Crippen molar-refractivity contribution in [3.05, 3.63) is 28.8 Å². The highest BCUT2D eigenvalue weighted by Crippen LogP contribution is 2.21. The standard InChI is InChI=1S/C15H20N6O2/c1-9-12(10(2)18-13(9)11(3)22)14(23)20-4-6-21(7-5-20)15-16-8-17-19-15/h8,18H,4-7H2,1-3H3,(H,16,17,19). The molecule has 8 nitrogen and oxygen atoms in total. The summed E-state index contributed by atoms with van der Waals surface area (Å²) >= 11 is 0. The molecule has 0 aliphatic carbocycles. The lowest BCUT2D eigenvalue weighted by atomic mass is 10.1. The molecule has 0 atom stereocenters. The second-order valence-electron chi connectivity index (χ2n) is 5.77. The monoisotopic (exact) mass is 316 g/mol. The molecule has 0 bridgehead atoms. The van der Waals surface area contributed by atoms with Crippen LogP contribution in [0.1, 0.15) is 39.0 Å². The first kappa shape index (κ1) is 15.3. The zero-order chi connectivity index (χ0) is 16.6. The van der Waals surface area contributed by atoms with E-state index in [2.05, 4.69) is 25.1 Å². The van der Waals surface area contributed by atoms with Crippen molar-refractivity contribution >= 4 is 17.6 Å². The number of hydrogen-bond donors (Lipinski definition) is 2. The summed E-state index contributed by atoms with van der Waals surface area (Å²) in [5.41, 5.74) is 2.61. The van der Waals surface area contributed by atoms with Gasteiger partial charge in [-0.3, -0.25) is 9.59 Å². The van der Waals surface area contributed by atoms with Crippen LogP contribution in [-0.2, 0) is 0 Å². The summed E-state index contributed by atoms with van der Waals surface area (Å²) in [7, 11) is 0. The second kappa shape index (κ2) is 5.86. The molecule has 1 aliphatic rings. The lowest BCUT2D eigenvalue weighted by Gasteiger charge is -2.34. The first-order valence-corrected chi connectivity index (χ1v) is 7.58. The van der Waals surface area contributed by atoms with Gasteiger partial charge in [0.1, 0.15) is 6.33 Å². The highest BCUT2D eigenvalue weighted by Gasteiger charge is 2.27. The van der Waals surface area contributed by atoms with Crippen LogP contribution in [0.15, 0.2) is 6.33 Å². The average molecular weight is 316 g/mol. The number of aryl methyl sites for hydroxylation is 1. The molecule has 1 fully saturated rings. The van der Waals surface area contributed by atoms with Gasteiger partial charge >= 0.3 is 0 Å². The maximum atomic E-state index is 12.8. The quantitative estimate of drug-likeness (QED) is 0.820. The number of aromatic amines is 2. The maximum absolute atomic E-state index is 12.8. The highest BCUT2D eigenvalue weighted by molar-refractivity contribution is 6.02. The topological polar surface area (TPSA) is 98.0 Å². The molecule has 0 radical (unpaired) electrons. The number of H-pyrrole nitrogens is 2. The van der Waals surface area contributed by atoms with Gasteiger partial charge in [-0.05, 0) is 19.4 Å². The molecule has 0 unspecified atom stereocenters. The van der Waals surface area contributed by atoms with Gasteiger partial charge in [-0.15, -0.1) is 0 Å². The Kier molecular flexibility index (Phi) is 3.89. The molecule has 3 heterocycles. The van der Waals surface area contributed by atoms with Crippen LogP contribution in [0.3, 0.4) is 0 Å². The maximum Gasteiger partial charge on any atom is 0.256 e. The molecule has 0 spiro atoms. The fourth-order valence-electron chi connectivity index (χ4n) is 3.05. The number of carbonyl (C=O) groups excluding carboxylic acids is 2. The summed E-state index contributed by atoms with van der Waals surface area (Å²) in [4.78, 5) is 35.5. The molecule has 3 rings (SSSR count). The Labute approximate surface area is 133 Å². The second-order valence-corrected chi connectivity index (χ2v) is 5.77. The predicted molar refractivity (Wildman–Crippen MR) is 84.8 cm³/mol. The van der Waals surface area contributed by atoms with E-state index in [0.29, 0.717) is 37.4 Å². The summed E-state index contributed by atoms with van der Waals surface area (Å²) < 4.78 is 0. The van der Waals surface area contributed by atoms with E-state index >= 15 is 0 Å². The Bertz CT molecular complexity index is 725. The highest BCUT2D eigenvalue weighted by atomic mass is 16.2. The van der Waals surface area contributed by atoms with Crippen molar-refractivity contribution in [1.29, 1.82) is 0 Å². The average Bonchev–Trinajstić information content (AvgIpc) is 3.15. The van der Waals surface area contributed by atoms with Crippen molar-refractivity contribution in [3.63, 3.8) is 0 Å². The zero-order valence-electron chi connectivity index (χ0n) is 13.5. The van der Waals surface area contributed by atoms with E-state index in [1.54, 1.807) is 0 Å². The minimum Gasteiger partial charge on any atom is -0.355 e. The fraction of sp³-hybridized carbons (Fsp3) is 0.467. The number of piperazine rings is 1. The number of Topliss-reactive ketones (excluding diaryl/α,β-unsaturated/α-hetero) is 1. The Hall–Kier alpha value is -2.64. The van der Waals surface area contributed by atoms with Gasteiger partial charge in [0.25, 0.3) is 5.91 Å². The number of hydrogen-bond acceptors (Lipinski definition) is 5. The molecule has 0 saturated carbocycles. The van der Waals surface area contributed by atoms with Gasteiger partial charge in [-0.25, -0.2) is 5.10 Å². The minimum absolute atomic E-state index is 0.0269. The third kappa shape index (κ3) is 2.71. The van der Waals surface area contributed by atoms with Crippen LogP contribution >= 0.6 is 0 Å². The molecule has 1 aliphatic heterocycles. The molecule has 1 saturated heterocycles. The summed E-state index contributed by atoms with van der Waals surface area (Å²) in [5, 5.41) is 6.68. The predicted octanol–water partition coefficient (Wildman–Crippen LogP) is 0.915.